The first-order valence-electron chi connectivity index (χ1n) is 6.35. The first-order valence-corrected chi connectivity index (χ1v) is 6.35. The number of aryl methyl sites for hydroxylation is 1. The molecule has 0 bridgehead atoms. The first kappa shape index (κ1) is 14.2. The zero-order valence-corrected chi connectivity index (χ0v) is 11.1. The summed E-state index contributed by atoms with van der Waals surface area (Å²) in [5, 5.41) is 2.66. The van der Waals surface area contributed by atoms with Gasteiger partial charge in [-0.3, -0.25) is 4.79 Å². The minimum atomic E-state index is -0.533. The third kappa shape index (κ3) is 3.63. The Hall–Kier alpha value is -2.23. The molecular formula is C16H15F2NO. The molecule has 0 unspecified atom stereocenters. The highest BCUT2D eigenvalue weighted by Crippen LogP contribution is 2.10. The number of hydrogen-bond donors (Lipinski definition) is 1. The van der Waals surface area contributed by atoms with Crippen molar-refractivity contribution in [1.82, 2.24) is 5.32 Å². The smallest absolute Gasteiger partial charge is 0.254 e. The van der Waals surface area contributed by atoms with E-state index in [1.54, 1.807) is 25.1 Å². The maximum Gasteiger partial charge on any atom is 0.254 e. The molecule has 1 amide bonds. The van der Waals surface area contributed by atoms with Crippen LogP contribution in [-0.4, -0.2) is 12.5 Å². The summed E-state index contributed by atoms with van der Waals surface area (Å²) < 4.78 is 26.2. The van der Waals surface area contributed by atoms with E-state index in [0.29, 0.717) is 13.0 Å². The second-order valence-electron chi connectivity index (χ2n) is 4.62. The van der Waals surface area contributed by atoms with E-state index in [4.69, 9.17) is 0 Å². The van der Waals surface area contributed by atoms with Crippen molar-refractivity contribution in [1.29, 1.82) is 0 Å². The zero-order chi connectivity index (χ0) is 14.5. The summed E-state index contributed by atoms with van der Waals surface area (Å²) in [7, 11) is 0. The molecule has 0 aliphatic heterocycles. The van der Waals surface area contributed by atoms with E-state index in [1.807, 2.05) is 0 Å². The number of halogens is 2. The minimum Gasteiger partial charge on any atom is -0.352 e. The van der Waals surface area contributed by atoms with Crippen LogP contribution in [0.3, 0.4) is 0 Å². The van der Waals surface area contributed by atoms with E-state index in [-0.39, 0.29) is 11.4 Å². The van der Waals surface area contributed by atoms with E-state index in [2.05, 4.69) is 5.32 Å². The zero-order valence-electron chi connectivity index (χ0n) is 11.1. The van der Waals surface area contributed by atoms with Gasteiger partial charge in [-0.2, -0.15) is 0 Å². The second-order valence-corrected chi connectivity index (χ2v) is 4.62. The molecule has 0 aliphatic carbocycles. The van der Waals surface area contributed by atoms with Gasteiger partial charge in [-0.15, -0.1) is 0 Å². The molecule has 0 aromatic heterocycles. The maximum atomic E-state index is 13.5. The van der Waals surface area contributed by atoms with Crippen LogP contribution in [0.25, 0.3) is 0 Å². The van der Waals surface area contributed by atoms with Crippen LogP contribution in [0.2, 0.25) is 0 Å². The van der Waals surface area contributed by atoms with Gasteiger partial charge in [-0.1, -0.05) is 23.8 Å². The summed E-state index contributed by atoms with van der Waals surface area (Å²) >= 11 is 0. The van der Waals surface area contributed by atoms with Gasteiger partial charge in [-0.25, -0.2) is 8.78 Å². The first-order chi connectivity index (χ1) is 9.56. The van der Waals surface area contributed by atoms with E-state index in [0.717, 1.165) is 11.1 Å². The molecule has 1 N–H and O–H groups in total. The number of amides is 1. The molecule has 2 nitrogen and oxygen atoms in total. The molecule has 2 aromatic rings. The third-order valence-electron chi connectivity index (χ3n) is 2.98. The molecular weight excluding hydrogens is 260 g/mol. The van der Waals surface area contributed by atoms with Crippen LogP contribution in [-0.2, 0) is 6.42 Å². The van der Waals surface area contributed by atoms with Gasteiger partial charge in [0.2, 0.25) is 0 Å². The average molecular weight is 275 g/mol. The highest BCUT2D eigenvalue weighted by atomic mass is 19.1. The predicted molar refractivity (Wildman–Crippen MR) is 73.6 cm³/mol. The van der Waals surface area contributed by atoms with Crippen molar-refractivity contribution < 1.29 is 13.6 Å². The van der Waals surface area contributed by atoms with Gasteiger partial charge in [0.25, 0.3) is 5.91 Å². The van der Waals surface area contributed by atoms with Gasteiger partial charge in [0.1, 0.15) is 11.6 Å². The van der Waals surface area contributed by atoms with Crippen molar-refractivity contribution in [3.8, 4) is 0 Å². The predicted octanol–water partition coefficient (Wildman–Crippen LogP) is 3.25. The van der Waals surface area contributed by atoms with Crippen molar-refractivity contribution in [3.63, 3.8) is 0 Å². The molecule has 0 aliphatic rings. The molecule has 0 radical (unpaired) electrons. The molecule has 0 atom stereocenters. The van der Waals surface area contributed by atoms with E-state index < -0.39 is 11.7 Å². The lowest BCUT2D eigenvalue weighted by Gasteiger charge is -2.07. The topological polar surface area (TPSA) is 29.1 Å². The van der Waals surface area contributed by atoms with Crippen molar-refractivity contribution in [2.45, 2.75) is 13.3 Å². The number of carbonyl (C=O) groups excluding carboxylic acids is 1. The fraction of sp³-hybridized carbons (Fsp3) is 0.188. The number of hydrogen-bond acceptors (Lipinski definition) is 1. The monoisotopic (exact) mass is 275 g/mol. The van der Waals surface area contributed by atoms with Crippen molar-refractivity contribution in [3.05, 3.63) is 70.8 Å². The van der Waals surface area contributed by atoms with Crippen LogP contribution in [0.1, 0.15) is 21.5 Å². The summed E-state index contributed by atoms with van der Waals surface area (Å²) in [6, 6.07) is 10.5. The molecule has 0 fully saturated rings. The molecule has 0 saturated heterocycles. The number of rotatable bonds is 4. The number of carbonyl (C=O) groups is 1. The average Bonchev–Trinajstić information content (AvgIpc) is 2.43. The maximum absolute atomic E-state index is 13.5. The van der Waals surface area contributed by atoms with Crippen LogP contribution < -0.4 is 5.32 Å². The highest BCUT2D eigenvalue weighted by Gasteiger charge is 2.10. The third-order valence-corrected chi connectivity index (χ3v) is 2.98. The van der Waals surface area contributed by atoms with Crippen LogP contribution in [0, 0.1) is 18.6 Å². The Morgan fingerprint density at radius 3 is 2.50 bits per heavy atom. The molecule has 4 heteroatoms. The molecule has 0 spiro atoms. The standard InChI is InChI=1S/C16H15F2NO/c1-11-2-7-15(18)14(10-11)16(20)19-9-8-12-3-5-13(17)6-4-12/h2-7,10H,8-9H2,1H3,(H,19,20). The van der Waals surface area contributed by atoms with Crippen LogP contribution in [0.5, 0.6) is 0 Å². The van der Waals surface area contributed by atoms with Crippen molar-refractivity contribution in [2.24, 2.45) is 0 Å². The Labute approximate surface area is 116 Å². The summed E-state index contributed by atoms with van der Waals surface area (Å²) in [6.45, 7) is 2.17. The molecule has 20 heavy (non-hydrogen) atoms. The van der Waals surface area contributed by atoms with E-state index in [9.17, 15) is 13.6 Å². The molecule has 104 valence electrons. The number of nitrogens with one attached hydrogen (secondary N) is 1. The largest absolute Gasteiger partial charge is 0.352 e. The van der Waals surface area contributed by atoms with Gasteiger partial charge in [0.15, 0.2) is 0 Å². The summed E-state index contributed by atoms with van der Waals surface area (Å²) in [5.74, 6) is -1.26. The van der Waals surface area contributed by atoms with Crippen LogP contribution >= 0.6 is 0 Å². The Kier molecular flexibility index (Phi) is 4.45. The quantitative estimate of drug-likeness (QED) is 0.911. The highest BCUT2D eigenvalue weighted by molar-refractivity contribution is 5.94. The fourth-order valence-electron chi connectivity index (χ4n) is 1.88. The van der Waals surface area contributed by atoms with Crippen molar-refractivity contribution in [2.75, 3.05) is 6.54 Å². The summed E-state index contributed by atoms with van der Waals surface area (Å²) in [5.41, 5.74) is 1.79. The van der Waals surface area contributed by atoms with E-state index >= 15 is 0 Å². The Morgan fingerprint density at radius 1 is 1.10 bits per heavy atom. The summed E-state index contributed by atoms with van der Waals surface area (Å²) in [6.07, 6.45) is 0.569. The molecule has 2 rings (SSSR count). The van der Waals surface area contributed by atoms with Gasteiger partial charge < -0.3 is 5.32 Å². The van der Waals surface area contributed by atoms with Gasteiger partial charge in [-0.05, 0) is 43.2 Å². The van der Waals surface area contributed by atoms with Crippen LogP contribution in [0.4, 0.5) is 8.78 Å². The van der Waals surface area contributed by atoms with Gasteiger partial charge in [0.05, 0.1) is 5.56 Å². The summed E-state index contributed by atoms with van der Waals surface area (Å²) in [4.78, 5) is 11.9. The molecule has 2 aromatic carbocycles. The van der Waals surface area contributed by atoms with Crippen molar-refractivity contribution >= 4 is 5.91 Å². The lowest BCUT2D eigenvalue weighted by atomic mass is 10.1. The van der Waals surface area contributed by atoms with Gasteiger partial charge >= 0.3 is 0 Å². The normalized spacial score (nSPS) is 10.3. The Balaban J connectivity index is 1.92. The Bertz CT molecular complexity index is 608. The molecule has 0 saturated carbocycles. The number of benzene rings is 2. The minimum absolute atomic E-state index is 0.0455. The SMILES string of the molecule is Cc1ccc(F)c(C(=O)NCCc2ccc(F)cc2)c1. The fourth-order valence-corrected chi connectivity index (χ4v) is 1.88. The molecule has 0 heterocycles. The van der Waals surface area contributed by atoms with E-state index in [1.165, 1.54) is 24.3 Å². The van der Waals surface area contributed by atoms with Gasteiger partial charge in [0, 0.05) is 6.54 Å². The second kappa shape index (κ2) is 6.28. The van der Waals surface area contributed by atoms with Crippen LogP contribution in [0.15, 0.2) is 42.5 Å². The Morgan fingerprint density at radius 2 is 1.80 bits per heavy atom. The lowest BCUT2D eigenvalue weighted by molar-refractivity contribution is 0.0950. The lowest BCUT2D eigenvalue weighted by Crippen LogP contribution is -2.26.